The minimum absolute atomic E-state index is 0.0377. The number of rotatable bonds is 10. The Kier molecular flexibility index (Phi) is 7.04. The van der Waals surface area contributed by atoms with Crippen molar-refractivity contribution < 1.29 is 18.4 Å². The van der Waals surface area contributed by atoms with E-state index in [-0.39, 0.29) is 40.0 Å². The molecule has 1 saturated heterocycles. The van der Waals surface area contributed by atoms with Crippen LogP contribution in [0.3, 0.4) is 0 Å². The second-order valence-corrected chi connectivity index (χ2v) is 12.6. The van der Waals surface area contributed by atoms with Crippen molar-refractivity contribution in [3.63, 3.8) is 0 Å². The average molecular weight is 599 g/mol. The molecular formula is C33H32F2N6O3. The highest BCUT2D eigenvalue weighted by molar-refractivity contribution is 6.05. The van der Waals surface area contributed by atoms with Crippen molar-refractivity contribution in [3.8, 4) is 17.2 Å². The van der Waals surface area contributed by atoms with Crippen LogP contribution < -0.4 is 16.2 Å². The molecule has 2 aromatic heterocycles. The topological polar surface area (TPSA) is 120 Å². The summed E-state index contributed by atoms with van der Waals surface area (Å²) in [6, 6.07) is 11.8. The molecule has 226 valence electrons. The van der Waals surface area contributed by atoms with E-state index in [1.165, 1.54) is 18.9 Å². The number of carbonyl (C=O) groups excluding carboxylic acids is 2. The van der Waals surface area contributed by atoms with Crippen LogP contribution in [0.15, 0.2) is 47.4 Å². The van der Waals surface area contributed by atoms with Gasteiger partial charge in [0.25, 0.3) is 23.3 Å². The molecule has 11 heteroatoms. The number of alkyl halides is 2. The molecule has 3 heterocycles. The first-order chi connectivity index (χ1) is 21.2. The van der Waals surface area contributed by atoms with Gasteiger partial charge in [0.15, 0.2) is 0 Å². The summed E-state index contributed by atoms with van der Waals surface area (Å²) < 4.78 is 28.9. The van der Waals surface area contributed by atoms with E-state index in [2.05, 4.69) is 15.6 Å². The van der Waals surface area contributed by atoms with Crippen LogP contribution in [0.2, 0.25) is 0 Å². The highest BCUT2D eigenvalue weighted by Gasteiger charge is 2.46. The molecule has 3 aliphatic carbocycles. The van der Waals surface area contributed by atoms with Crippen molar-refractivity contribution in [1.29, 1.82) is 5.26 Å². The zero-order valence-electron chi connectivity index (χ0n) is 24.1. The molecule has 4 aliphatic rings. The maximum atomic E-state index is 13.6. The highest BCUT2D eigenvalue weighted by Crippen LogP contribution is 2.42. The van der Waals surface area contributed by atoms with Gasteiger partial charge < -0.3 is 20.1 Å². The van der Waals surface area contributed by atoms with Gasteiger partial charge in [-0.1, -0.05) is 6.07 Å². The summed E-state index contributed by atoms with van der Waals surface area (Å²) in [7, 11) is 0. The summed E-state index contributed by atoms with van der Waals surface area (Å²) in [5.74, 6) is -2.99. The fourth-order valence-corrected chi connectivity index (χ4v) is 5.70. The molecule has 0 radical (unpaired) electrons. The number of hydrogen-bond donors (Lipinski definition) is 2. The van der Waals surface area contributed by atoms with E-state index >= 15 is 0 Å². The van der Waals surface area contributed by atoms with Crippen LogP contribution >= 0.6 is 0 Å². The first kappa shape index (κ1) is 28.3. The molecule has 0 bridgehead atoms. The Morgan fingerprint density at radius 2 is 1.80 bits per heavy atom. The van der Waals surface area contributed by atoms with E-state index in [1.54, 1.807) is 28.8 Å². The number of nitrogens with one attached hydrogen (secondary N) is 2. The summed E-state index contributed by atoms with van der Waals surface area (Å²) in [5.41, 5.74) is 2.65. The summed E-state index contributed by atoms with van der Waals surface area (Å²) in [6.07, 6.45) is 7.94. The van der Waals surface area contributed by atoms with E-state index in [0.29, 0.717) is 23.6 Å². The number of amides is 2. The zero-order chi connectivity index (χ0) is 30.6. The quantitative estimate of drug-likeness (QED) is 0.345. The van der Waals surface area contributed by atoms with Crippen molar-refractivity contribution in [2.24, 2.45) is 5.92 Å². The third kappa shape index (κ3) is 5.99. The number of benzene rings is 1. The van der Waals surface area contributed by atoms with Crippen molar-refractivity contribution in [1.82, 2.24) is 19.8 Å². The van der Waals surface area contributed by atoms with Gasteiger partial charge in [0.1, 0.15) is 11.4 Å². The maximum absolute atomic E-state index is 13.6. The van der Waals surface area contributed by atoms with Gasteiger partial charge in [0.2, 0.25) is 0 Å². The number of pyridine rings is 2. The molecule has 0 atom stereocenters. The number of nitrogens with zero attached hydrogens (tertiary/aromatic N) is 4. The lowest BCUT2D eigenvalue weighted by molar-refractivity contribution is -0.113. The van der Waals surface area contributed by atoms with Crippen molar-refractivity contribution in [3.05, 3.63) is 80.9 Å². The van der Waals surface area contributed by atoms with Crippen molar-refractivity contribution in [2.75, 3.05) is 25.0 Å². The lowest BCUT2D eigenvalue weighted by Crippen LogP contribution is -2.58. The monoisotopic (exact) mass is 598 g/mol. The van der Waals surface area contributed by atoms with Crippen LogP contribution in [0.5, 0.6) is 0 Å². The second kappa shape index (κ2) is 10.9. The van der Waals surface area contributed by atoms with Gasteiger partial charge >= 0.3 is 0 Å². The molecule has 44 heavy (non-hydrogen) atoms. The van der Waals surface area contributed by atoms with E-state index in [4.69, 9.17) is 0 Å². The zero-order valence-corrected chi connectivity index (χ0v) is 24.1. The third-order valence-corrected chi connectivity index (χ3v) is 8.65. The van der Waals surface area contributed by atoms with Crippen LogP contribution in [-0.4, -0.2) is 51.8 Å². The van der Waals surface area contributed by atoms with E-state index in [9.17, 15) is 28.4 Å². The molecule has 3 aromatic rings. The Morgan fingerprint density at radius 3 is 2.45 bits per heavy atom. The minimum atomic E-state index is -2.93. The standard InChI is InChI=1S/C33H32F2N6O3/c34-33(35)17-40(18-33)31(43)26-9-20(13-36)3-8-25(26)23-11-28(22-4-5-22)38-29(12-23)39-30(42)27-10-21(15-37-14-19-1-2-19)16-41(32(27)44)24-6-7-24/h3,8-12,16,19,22,24,37H,1-2,4-7,14-15,17-18H2,(H,38,39,42). The average Bonchev–Trinajstić information content (AvgIpc) is 3.84. The Hall–Kier alpha value is -4.43. The van der Waals surface area contributed by atoms with Crippen LogP contribution in [0.1, 0.15) is 88.0 Å². The van der Waals surface area contributed by atoms with Crippen LogP contribution in [0.4, 0.5) is 14.6 Å². The fraction of sp³-hybridized carbons (Fsp3) is 0.424. The van der Waals surface area contributed by atoms with Gasteiger partial charge in [-0.15, -0.1) is 0 Å². The Labute approximate surface area is 252 Å². The molecule has 3 saturated carbocycles. The predicted molar refractivity (Wildman–Crippen MR) is 159 cm³/mol. The van der Waals surface area contributed by atoms with Gasteiger partial charge in [-0.25, -0.2) is 13.8 Å². The number of hydrogen-bond acceptors (Lipinski definition) is 6. The summed E-state index contributed by atoms with van der Waals surface area (Å²) in [5, 5.41) is 15.7. The fourth-order valence-electron chi connectivity index (χ4n) is 5.70. The number of halogens is 2. The summed E-state index contributed by atoms with van der Waals surface area (Å²) in [6.45, 7) is 0.105. The summed E-state index contributed by atoms with van der Waals surface area (Å²) >= 11 is 0. The molecular weight excluding hydrogens is 566 g/mol. The highest BCUT2D eigenvalue weighted by atomic mass is 19.3. The maximum Gasteiger partial charge on any atom is 0.282 e. The number of aromatic nitrogens is 2. The smallest absolute Gasteiger partial charge is 0.282 e. The molecule has 1 aliphatic heterocycles. The third-order valence-electron chi connectivity index (χ3n) is 8.65. The van der Waals surface area contributed by atoms with Gasteiger partial charge in [-0.3, -0.25) is 14.4 Å². The second-order valence-electron chi connectivity index (χ2n) is 12.6. The number of carbonyl (C=O) groups is 2. The molecule has 2 N–H and O–H groups in total. The largest absolute Gasteiger partial charge is 0.326 e. The minimum Gasteiger partial charge on any atom is -0.326 e. The molecule has 9 nitrogen and oxygen atoms in total. The van der Waals surface area contributed by atoms with Crippen LogP contribution in [0.25, 0.3) is 11.1 Å². The SMILES string of the molecule is N#Cc1ccc(-c2cc(NC(=O)c3cc(CNCC4CC4)cn(C4CC4)c3=O)nc(C3CC3)c2)c(C(=O)N2CC(F)(F)C2)c1. The lowest BCUT2D eigenvalue weighted by Gasteiger charge is -2.39. The van der Waals surface area contributed by atoms with Gasteiger partial charge in [-0.05, 0) is 98.0 Å². The Balaban J connectivity index is 1.21. The molecule has 2 amide bonds. The molecule has 4 fully saturated rings. The van der Waals surface area contributed by atoms with E-state index < -0.39 is 30.8 Å². The van der Waals surface area contributed by atoms with Crippen LogP contribution in [0, 0.1) is 17.2 Å². The first-order valence-electron chi connectivity index (χ1n) is 15.2. The normalized spacial score (nSPS) is 18.8. The van der Waals surface area contributed by atoms with Gasteiger partial charge in [0.05, 0.1) is 24.7 Å². The Morgan fingerprint density at radius 1 is 1.02 bits per heavy atom. The lowest BCUT2D eigenvalue weighted by atomic mass is 9.95. The number of nitriles is 1. The van der Waals surface area contributed by atoms with Gasteiger partial charge in [-0.2, -0.15) is 5.26 Å². The number of anilines is 1. The summed E-state index contributed by atoms with van der Waals surface area (Å²) in [4.78, 5) is 46.0. The molecule has 1 aromatic carbocycles. The van der Waals surface area contributed by atoms with E-state index in [1.807, 2.05) is 18.3 Å². The van der Waals surface area contributed by atoms with Crippen molar-refractivity contribution >= 4 is 17.6 Å². The first-order valence-corrected chi connectivity index (χ1v) is 15.2. The number of likely N-dealkylation sites (tertiary alicyclic amines) is 1. The Bertz CT molecular complexity index is 1760. The molecule has 0 spiro atoms. The predicted octanol–water partition coefficient (Wildman–Crippen LogP) is 4.84. The van der Waals surface area contributed by atoms with Gasteiger partial charge in [0, 0.05) is 36.0 Å². The van der Waals surface area contributed by atoms with Crippen LogP contribution in [-0.2, 0) is 6.54 Å². The molecule has 0 unspecified atom stereocenters. The van der Waals surface area contributed by atoms with E-state index in [0.717, 1.165) is 48.4 Å². The molecule has 7 rings (SSSR count). The van der Waals surface area contributed by atoms with Crippen molar-refractivity contribution in [2.45, 2.75) is 63.0 Å².